The Morgan fingerprint density at radius 2 is 2.00 bits per heavy atom. The highest BCUT2D eigenvalue weighted by atomic mass is 16.3. The average Bonchev–Trinajstić information content (AvgIpc) is 3.52. The molecule has 3 aliphatic heterocycles. The van der Waals surface area contributed by atoms with Crippen molar-refractivity contribution >= 4 is 23.6 Å². The number of aliphatic hydroxyl groups excluding tert-OH is 1. The van der Waals surface area contributed by atoms with Gasteiger partial charge in [0, 0.05) is 57.8 Å². The number of phenolic OH excluding ortho intramolecular Hbond substituents is 1. The second-order valence-corrected chi connectivity index (χ2v) is 11.1. The van der Waals surface area contributed by atoms with Crippen molar-refractivity contribution in [3.63, 3.8) is 0 Å². The third kappa shape index (κ3) is 5.00. The van der Waals surface area contributed by atoms with Crippen LogP contribution >= 0.6 is 0 Å². The van der Waals surface area contributed by atoms with Gasteiger partial charge >= 0.3 is 0 Å². The standard InChI is InChI=1S/C27H35N7O4/c1-15(35)33-13-19(14-33)30-25-9-23(31-27(32-25)34-12-16-2-4-20(34)6-16)26(38)29-11-24(37)22-8-17-3-5-21(36)7-18(17)10-28-22/h3,5,7,9,16,19-20,22,24,28,36-37H,2,4,6,8,10-14H2,1H3,(H,29,38)(H,30,31,32)/t16?,20?,22-,24+/m0/s1. The normalized spacial score (nSPS) is 25.1. The number of piperidine rings is 1. The number of nitrogens with zero attached hydrogens (tertiary/aromatic N) is 4. The van der Waals surface area contributed by atoms with E-state index in [1.54, 1.807) is 30.0 Å². The molecule has 1 aromatic heterocycles. The van der Waals surface area contributed by atoms with Crippen LogP contribution in [-0.4, -0.2) is 87.3 Å². The van der Waals surface area contributed by atoms with Gasteiger partial charge in [-0.2, -0.15) is 4.98 Å². The fourth-order valence-electron chi connectivity index (χ4n) is 6.19. The number of aliphatic hydroxyl groups is 1. The monoisotopic (exact) mass is 521 g/mol. The molecule has 38 heavy (non-hydrogen) atoms. The molecule has 4 heterocycles. The number of carbonyl (C=O) groups is 2. The number of amides is 2. The summed E-state index contributed by atoms with van der Waals surface area (Å²) in [6.45, 7) is 4.30. The van der Waals surface area contributed by atoms with Crippen LogP contribution in [0.3, 0.4) is 0 Å². The minimum Gasteiger partial charge on any atom is -0.508 e. The molecule has 2 saturated heterocycles. The lowest BCUT2D eigenvalue weighted by molar-refractivity contribution is -0.132. The van der Waals surface area contributed by atoms with Crippen LogP contribution in [0, 0.1) is 5.92 Å². The number of hydrogen-bond acceptors (Lipinski definition) is 9. The number of phenols is 1. The van der Waals surface area contributed by atoms with Gasteiger partial charge in [-0.3, -0.25) is 9.59 Å². The van der Waals surface area contributed by atoms with E-state index in [1.807, 2.05) is 6.07 Å². The van der Waals surface area contributed by atoms with Crippen molar-refractivity contribution in [1.29, 1.82) is 0 Å². The molecule has 5 N–H and O–H groups in total. The number of aromatic nitrogens is 2. The van der Waals surface area contributed by atoms with Crippen molar-refractivity contribution in [3.05, 3.63) is 41.1 Å². The van der Waals surface area contributed by atoms with E-state index in [9.17, 15) is 19.8 Å². The minimum atomic E-state index is -0.790. The number of benzene rings is 1. The Bertz CT molecular complexity index is 1230. The van der Waals surface area contributed by atoms with E-state index in [-0.39, 0.29) is 41.9 Å². The van der Waals surface area contributed by atoms with E-state index < -0.39 is 6.10 Å². The van der Waals surface area contributed by atoms with Crippen molar-refractivity contribution in [3.8, 4) is 5.75 Å². The smallest absolute Gasteiger partial charge is 0.270 e. The average molecular weight is 522 g/mol. The molecule has 2 unspecified atom stereocenters. The summed E-state index contributed by atoms with van der Waals surface area (Å²) < 4.78 is 0. The molecule has 1 aromatic carbocycles. The zero-order chi connectivity index (χ0) is 26.4. The number of hydrogen-bond donors (Lipinski definition) is 5. The summed E-state index contributed by atoms with van der Waals surface area (Å²) in [6.07, 6.45) is 3.30. The van der Waals surface area contributed by atoms with Gasteiger partial charge in [0.25, 0.3) is 5.91 Å². The van der Waals surface area contributed by atoms with E-state index >= 15 is 0 Å². The lowest BCUT2D eigenvalue weighted by Gasteiger charge is -2.39. The van der Waals surface area contributed by atoms with Crippen LogP contribution in [0.1, 0.15) is 47.8 Å². The lowest BCUT2D eigenvalue weighted by Crippen LogP contribution is -2.56. The third-order valence-electron chi connectivity index (χ3n) is 8.41. The molecule has 0 radical (unpaired) electrons. The highest BCUT2D eigenvalue weighted by Crippen LogP contribution is 2.39. The first-order chi connectivity index (χ1) is 18.3. The number of carbonyl (C=O) groups excluding carboxylic acids is 2. The Kier molecular flexibility index (Phi) is 6.56. The Hall–Kier alpha value is -3.44. The van der Waals surface area contributed by atoms with Crippen LogP contribution in [-0.2, 0) is 17.8 Å². The van der Waals surface area contributed by atoms with Crippen molar-refractivity contribution in [2.24, 2.45) is 5.92 Å². The molecule has 2 aromatic rings. The van der Waals surface area contributed by atoms with E-state index in [0.29, 0.717) is 49.8 Å². The summed E-state index contributed by atoms with van der Waals surface area (Å²) in [7, 11) is 0. The summed E-state index contributed by atoms with van der Waals surface area (Å²) in [5, 5.41) is 30.0. The number of fused-ring (bicyclic) bond motifs is 3. The van der Waals surface area contributed by atoms with Gasteiger partial charge in [-0.25, -0.2) is 4.98 Å². The predicted octanol–water partition coefficient (Wildman–Crippen LogP) is 0.619. The topological polar surface area (TPSA) is 143 Å². The number of likely N-dealkylation sites (tertiary alicyclic amines) is 1. The van der Waals surface area contributed by atoms with Crippen molar-refractivity contribution in [2.75, 3.05) is 36.4 Å². The molecule has 1 aliphatic carbocycles. The molecule has 11 nitrogen and oxygen atoms in total. The summed E-state index contributed by atoms with van der Waals surface area (Å²) in [6, 6.07) is 7.19. The lowest BCUT2D eigenvalue weighted by atomic mass is 9.92. The second kappa shape index (κ2) is 10.0. The van der Waals surface area contributed by atoms with E-state index in [1.165, 1.54) is 6.42 Å². The van der Waals surface area contributed by atoms with Crippen LogP contribution in [0.4, 0.5) is 11.8 Å². The summed E-state index contributed by atoms with van der Waals surface area (Å²) in [4.78, 5) is 38.1. The molecule has 1 saturated carbocycles. The number of anilines is 2. The largest absolute Gasteiger partial charge is 0.508 e. The van der Waals surface area contributed by atoms with Gasteiger partial charge in [0.15, 0.2) is 0 Å². The molecule has 3 fully saturated rings. The van der Waals surface area contributed by atoms with Gasteiger partial charge in [-0.1, -0.05) is 6.07 Å². The van der Waals surface area contributed by atoms with Crippen molar-refractivity contribution in [1.82, 2.24) is 25.5 Å². The molecule has 2 amide bonds. The molecular formula is C27H35N7O4. The molecule has 2 bridgehead atoms. The second-order valence-electron chi connectivity index (χ2n) is 11.1. The Labute approximate surface area is 221 Å². The summed E-state index contributed by atoms with van der Waals surface area (Å²) >= 11 is 0. The molecule has 202 valence electrons. The zero-order valence-electron chi connectivity index (χ0n) is 21.6. The first-order valence-corrected chi connectivity index (χ1v) is 13.5. The fourth-order valence-corrected chi connectivity index (χ4v) is 6.19. The van der Waals surface area contributed by atoms with Gasteiger partial charge in [0.05, 0.1) is 12.1 Å². The number of aromatic hydroxyl groups is 1. The highest BCUT2D eigenvalue weighted by Gasteiger charge is 2.39. The Morgan fingerprint density at radius 3 is 2.74 bits per heavy atom. The first kappa shape index (κ1) is 24.9. The molecule has 6 rings (SSSR count). The predicted molar refractivity (Wildman–Crippen MR) is 141 cm³/mol. The van der Waals surface area contributed by atoms with Crippen LogP contribution in [0.5, 0.6) is 5.75 Å². The summed E-state index contributed by atoms with van der Waals surface area (Å²) in [5.41, 5.74) is 2.35. The van der Waals surface area contributed by atoms with Crippen LogP contribution in [0.2, 0.25) is 0 Å². The van der Waals surface area contributed by atoms with E-state index in [2.05, 4.69) is 25.8 Å². The SMILES string of the molecule is CC(=O)N1CC(Nc2cc(C(=O)NC[C@@H](O)[C@@H]3Cc4ccc(O)cc4CN3)nc(N3CC4CCC3C4)n2)C1. The fraction of sp³-hybridized carbons (Fsp3) is 0.556. The maximum absolute atomic E-state index is 13.2. The summed E-state index contributed by atoms with van der Waals surface area (Å²) in [5.74, 6) is 1.70. The number of rotatable bonds is 7. The van der Waals surface area contributed by atoms with Crippen LogP contribution in [0.25, 0.3) is 0 Å². The van der Waals surface area contributed by atoms with Crippen molar-refractivity contribution in [2.45, 2.75) is 63.4 Å². The van der Waals surface area contributed by atoms with E-state index in [4.69, 9.17) is 4.98 Å². The van der Waals surface area contributed by atoms with Gasteiger partial charge in [-0.15, -0.1) is 0 Å². The van der Waals surface area contributed by atoms with Gasteiger partial charge in [-0.05, 0) is 54.9 Å². The molecule has 0 spiro atoms. The maximum atomic E-state index is 13.2. The van der Waals surface area contributed by atoms with E-state index in [0.717, 1.165) is 30.5 Å². The third-order valence-corrected chi connectivity index (χ3v) is 8.41. The molecule has 4 atom stereocenters. The molecule has 11 heteroatoms. The minimum absolute atomic E-state index is 0.0484. The van der Waals surface area contributed by atoms with Gasteiger partial charge < -0.3 is 36.0 Å². The first-order valence-electron chi connectivity index (χ1n) is 13.5. The van der Waals surface area contributed by atoms with Gasteiger partial charge in [0.2, 0.25) is 11.9 Å². The molecular weight excluding hydrogens is 486 g/mol. The Morgan fingerprint density at radius 1 is 1.16 bits per heavy atom. The van der Waals surface area contributed by atoms with Gasteiger partial charge in [0.1, 0.15) is 17.3 Å². The molecule has 4 aliphatic rings. The highest BCUT2D eigenvalue weighted by molar-refractivity contribution is 5.93. The van der Waals surface area contributed by atoms with Crippen LogP contribution < -0.4 is 20.9 Å². The Balaban J connectivity index is 1.13. The quantitative estimate of drug-likeness (QED) is 0.354. The van der Waals surface area contributed by atoms with Crippen LogP contribution in [0.15, 0.2) is 24.3 Å². The van der Waals surface area contributed by atoms with Crippen molar-refractivity contribution < 1.29 is 19.8 Å². The number of nitrogens with one attached hydrogen (secondary N) is 3. The zero-order valence-corrected chi connectivity index (χ0v) is 21.6. The maximum Gasteiger partial charge on any atom is 0.270 e.